The first-order valence-corrected chi connectivity index (χ1v) is 12.2. The summed E-state index contributed by atoms with van der Waals surface area (Å²) in [6.45, 7) is 2.23. The molecular formula is C28H37NO2. The van der Waals surface area contributed by atoms with E-state index in [-0.39, 0.29) is 18.0 Å². The highest BCUT2D eigenvalue weighted by Gasteiger charge is 2.30. The smallest absolute Gasteiger partial charge is 0.309 e. The molecule has 2 fully saturated rings. The third-order valence-electron chi connectivity index (χ3n) is 7.00. The Morgan fingerprint density at radius 1 is 1.03 bits per heavy atom. The molecule has 0 unspecified atom stereocenters. The lowest BCUT2D eigenvalue weighted by Gasteiger charge is -2.31. The summed E-state index contributed by atoms with van der Waals surface area (Å²) in [4.78, 5) is 12.7. The lowest BCUT2D eigenvalue weighted by Crippen LogP contribution is -2.29. The second-order valence-electron chi connectivity index (χ2n) is 9.24. The number of ether oxygens (including phenoxy) is 1. The zero-order chi connectivity index (χ0) is 21.9. The van der Waals surface area contributed by atoms with E-state index < -0.39 is 0 Å². The number of benzene rings is 1. The van der Waals surface area contributed by atoms with E-state index in [1.54, 1.807) is 6.08 Å². The van der Waals surface area contributed by atoms with Gasteiger partial charge in [-0.3, -0.25) is 4.79 Å². The van der Waals surface area contributed by atoms with Crippen molar-refractivity contribution >= 4 is 5.97 Å². The highest BCUT2D eigenvalue weighted by atomic mass is 16.5. The van der Waals surface area contributed by atoms with Gasteiger partial charge in [0.25, 0.3) is 0 Å². The first-order chi connectivity index (χ1) is 15.2. The minimum Gasteiger partial charge on any atom is -0.462 e. The van der Waals surface area contributed by atoms with Gasteiger partial charge < -0.3 is 4.74 Å². The molecule has 0 aliphatic heterocycles. The molecule has 2 aliphatic rings. The van der Waals surface area contributed by atoms with Gasteiger partial charge in [-0.25, -0.2) is 0 Å². The van der Waals surface area contributed by atoms with Crippen LogP contribution in [0.1, 0.15) is 88.2 Å². The van der Waals surface area contributed by atoms with Gasteiger partial charge in [0.2, 0.25) is 0 Å². The molecule has 3 rings (SSSR count). The number of esters is 1. The van der Waals surface area contributed by atoms with E-state index in [0.29, 0.717) is 11.8 Å². The maximum absolute atomic E-state index is 12.7. The Morgan fingerprint density at radius 3 is 2.39 bits per heavy atom. The van der Waals surface area contributed by atoms with Crippen LogP contribution in [0.25, 0.3) is 0 Å². The molecule has 1 aromatic rings. The fraction of sp³-hybridized carbons (Fsp3) is 0.571. The van der Waals surface area contributed by atoms with Crippen molar-refractivity contribution in [3.05, 3.63) is 59.7 Å². The lowest BCUT2D eigenvalue weighted by atomic mass is 9.78. The van der Waals surface area contributed by atoms with Gasteiger partial charge in [0.15, 0.2) is 0 Å². The van der Waals surface area contributed by atoms with E-state index in [0.717, 1.165) is 51.4 Å². The van der Waals surface area contributed by atoms with E-state index in [9.17, 15) is 4.79 Å². The van der Waals surface area contributed by atoms with E-state index in [2.05, 4.69) is 37.3 Å². The second kappa shape index (κ2) is 12.5. The predicted molar refractivity (Wildman–Crippen MR) is 125 cm³/mol. The van der Waals surface area contributed by atoms with Crippen molar-refractivity contribution in [3.8, 4) is 6.07 Å². The standard InChI is InChI=1S/C28H37NO2/c1-2-3-7-22-9-13-24(14-10-22)25-15-17-26(18-16-25)28(30)31-27-19-11-23(12-20-27)8-5-4-6-21-29/h4-6,8-10,13-14,23,25-27H,2-3,7,11-12,15-20H2,1H3/b6-4?,8-5+/t23?,25-,26-,27?. The maximum atomic E-state index is 12.7. The minimum absolute atomic E-state index is 0.0318. The molecule has 2 aliphatic carbocycles. The summed E-state index contributed by atoms with van der Waals surface area (Å²) in [5.41, 5.74) is 2.87. The monoisotopic (exact) mass is 419 g/mol. The van der Waals surface area contributed by atoms with Crippen LogP contribution in [0.3, 0.4) is 0 Å². The molecule has 2 saturated carbocycles. The fourth-order valence-electron chi connectivity index (χ4n) is 4.98. The van der Waals surface area contributed by atoms with Crippen LogP contribution in [0.15, 0.2) is 48.6 Å². The van der Waals surface area contributed by atoms with Crippen molar-refractivity contribution in [1.82, 2.24) is 0 Å². The molecule has 0 saturated heterocycles. The highest BCUT2D eigenvalue weighted by molar-refractivity contribution is 5.72. The Morgan fingerprint density at radius 2 is 1.74 bits per heavy atom. The summed E-state index contributed by atoms with van der Waals surface area (Å²) < 4.78 is 5.90. The van der Waals surface area contributed by atoms with E-state index in [4.69, 9.17) is 10.00 Å². The van der Waals surface area contributed by atoms with Gasteiger partial charge in [0.05, 0.1) is 12.0 Å². The average molecular weight is 420 g/mol. The number of aryl methyl sites for hydroxylation is 1. The SMILES string of the molecule is CCCCc1ccc([C@H]2CC[C@H](C(=O)OC3CCC(/C=C/C=CC#N)CC3)CC2)cc1. The van der Waals surface area contributed by atoms with Gasteiger partial charge in [-0.1, -0.05) is 55.8 Å². The highest BCUT2D eigenvalue weighted by Crippen LogP contribution is 2.37. The molecule has 0 bridgehead atoms. The zero-order valence-electron chi connectivity index (χ0n) is 19.0. The molecule has 166 valence electrons. The molecule has 0 N–H and O–H groups in total. The lowest BCUT2D eigenvalue weighted by molar-refractivity contribution is -0.157. The summed E-state index contributed by atoms with van der Waals surface area (Å²) in [5, 5.41) is 8.52. The minimum atomic E-state index is 0.0318. The van der Waals surface area contributed by atoms with Gasteiger partial charge in [0, 0.05) is 6.08 Å². The molecule has 0 aromatic heterocycles. The van der Waals surface area contributed by atoms with Crippen molar-refractivity contribution in [2.24, 2.45) is 11.8 Å². The Bertz CT molecular complexity index is 770. The van der Waals surface area contributed by atoms with Gasteiger partial charge in [-0.15, -0.1) is 0 Å². The quantitative estimate of drug-likeness (QED) is 0.258. The van der Waals surface area contributed by atoms with Crippen LogP contribution in [0.2, 0.25) is 0 Å². The number of carbonyl (C=O) groups excluding carboxylic acids is 1. The van der Waals surface area contributed by atoms with Gasteiger partial charge >= 0.3 is 5.97 Å². The van der Waals surface area contributed by atoms with Crippen molar-refractivity contribution in [2.45, 2.75) is 89.6 Å². The first kappa shape index (κ1) is 23.3. The van der Waals surface area contributed by atoms with Crippen LogP contribution in [0.5, 0.6) is 0 Å². The molecule has 0 heterocycles. The van der Waals surface area contributed by atoms with Crippen LogP contribution >= 0.6 is 0 Å². The van der Waals surface area contributed by atoms with Crippen LogP contribution < -0.4 is 0 Å². The average Bonchev–Trinajstić information content (AvgIpc) is 2.82. The number of hydrogen-bond acceptors (Lipinski definition) is 3. The van der Waals surface area contributed by atoms with E-state index in [1.807, 2.05) is 12.1 Å². The van der Waals surface area contributed by atoms with Crippen molar-refractivity contribution < 1.29 is 9.53 Å². The summed E-state index contributed by atoms with van der Waals surface area (Å²) in [6.07, 6.45) is 19.2. The van der Waals surface area contributed by atoms with Gasteiger partial charge in [-0.2, -0.15) is 5.26 Å². The normalized spacial score (nSPS) is 26.7. The molecular weight excluding hydrogens is 382 g/mol. The van der Waals surface area contributed by atoms with Crippen LogP contribution in [-0.2, 0) is 16.0 Å². The molecule has 3 heteroatoms. The van der Waals surface area contributed by atoms with Crippen LogP contribution in [-0.4, -0.2) is 12.1 Å². The Labute approximate surface area is 188 Å². The van der Waals surface area contributed by atoms with Gasteiger partial charge in [-0.05, 0) is 87.2 Å². The van der Waals surface area contributed by atoms with Crippen LogP contribution in [0, 0.1) is 23.2 Å². The molecule has 31 heavy (non-hydrogen) atoms. The summed E-state index contributed by atoms with van der Waals surface area (Å²) >= 11 is 0. The number of allylic oxidation sites excluding steroid dienone is 4. The third kappa shape index (κ3) is 7.39. The second-order valence-corrected chi connectivity index (χ2v) is 9.24. The molecule has 0 amide bonds. The summed E-state index contributed by atoms with van der Waals surface area (Å²) in [5.74, 6) is 1.22. The topological polar surface area (TPSA) is 50.1 Å². The van der Waals surface area contributed by atoms with E-state index >= 15 is 0 Å². The number of unbranched alkanes of at least 4 members (excludes halogenated alkanes) is 1. The van der Waals surface area contributed by atoms with Crippen molar-refractivity contribution in [1.29, 1.82) is 5.26 Å². The Hall–Kier alpha value is -2.34. The van der Waals surface area contributed by atoms with E-state index in [1.165, 1.54) is 36.5 Å². The number of carbonyl (C=O) groups is 1. The Balaban J connectivity index is 1.38. The molecule has 0 spiro atoms. The van der Waals surface area contributed by atoms with Crippen LogP contribution in [0.4, 0.5) is 0 Å². The molecule has 1 aromatic carbocycles. The summed E-state index contributed by atoms with van der Waals surface area (Å²) in [7, 11) is 0. The maximum Gasteiger partial charge on any atom is 0.309 e. The molecule has 0 atom stereocenters. The number of rotatable bonds is 8. The van der Waals surface area contributed by atoms with Crippen molar-refractivity contribution in [2.75, 3.05) is 0 Å². The number of hydrogen-bond donors (Lipinski definition) is 0. The third-order valence-corrected chi connectivity index (χ3v) is 7.00. The fourth-order valence-corrected chi connectivity index (χ4v) is 4.98. The van der Waals surface area contributed by atoms with Crippen molar-refractivity contribution in [3.63, 3.8) is 0 Å². The molecule has 0 radical (unpaired) electrons. The number of nitrogens with zero attached hydrogens (tertiary/aromatic N) is 1. The Kier molecular flexibility index (Phi) is 9.40. The zero-order valence-corrected chi connectivity index (χ0v) is 19.0. The largest absolute Gasteiger partial charge is 0.462 e. The first-order valence-electron chi connectivity index (χ1n) is 12.2. The van der Waals surface area contributed by atoms with Gasteiger partial charge in [0.1, 0.15) is 6.10 Å². The molecule has 3 nitrogen and oxygen atoms in total. The predicted octanol–water partition coefficient (Wildman–Crippen LogP) is 7.04. The summed E-state index contributed by atoms with van der Waals surface area (Å²) in [6, 6.07) is 11.2. The number of nitriles is 1.